The zero-order valence-electron chi connectivity index (χ0n) is 13.9. The fraction of sp³-hybridized carbons (Fsp3) is 0.500. The Hall–Kier alpha value is -2.24. The van der Waals surface area contributed by atoms with Gasteiger partial charge in [-0.3, -0.25) is 4.79 Å². The van der Waals surface area contributed by atoms with E-state index in [1.165, 1.54) is 18.6 Å². The number of benzene rings is 1. The van der Waals surface area contributed by atoms with Gasteiger partial charge in [-0.1, -0.05) is 6.92 Å². The lowest BCUT2D eigenvalue weighted by molar-refractivity contribution is -0.135. The van der Waals surface area contributed by atoms with E-state index in [2.05, 4.69) is 17.1 Å². The molecule has 24 heavy (non-hydrogen) atoms. The van der Waals surface area contributed by atoms with Crippen LogP contribution in [0.5, 0.6) is 0 Å². The summed E-state index contributed by atoms with van der Waals surface area (Å²) < 4.78 is 18.5. The predicted molar refractivity (Wildman–Crippen MR) is 87.7 cm³/mol. The van der Waals surface area contributed by atoms with Gasteiger partial charge in [-0.25, -0.2) is 4.39 Å². The van der Waals surface area contributed by atoms with Crippen LogP contribution in [0, 0.1) is 5.82 Å². The number of likely N-dealkylation sites (tertiary alicyclic amines) is 1. The maximum Gasteiger partial charge on any atom is 0.247 e. The van der Waals surface area contributed by atoms with Crippen LogP contribution in [0.15, 0.2) is 28.7 Å². The number of piperidine rings is 1. The molecule has 0 radical (unpaired) electrons. The summed E-state index contributed by atoms with van der Waals surface area (Å²) in [7, 11) is 0. The number of aryl methyl sites for hydroxylation is 1. The number of hydrogen-bond acceptors (Lipinski definition) is 4. The Bertz CT molecular complexity index is 684. The van der Waals surface area contributed by atoms with Crippen molar-refractivity contribution in [1.82, 2.24) is 15.1 Å². The van der Waals surface area contributed by atoms with Gasteiger partial charge in [-0.2, -0.15) is 0 Å². The Morgan fingerprint density at radius 1 is 1.29 bits per heavy atom. The molecule has 0 spiro atoms. The first kappa shape index (κ1) is 16.6. The van der Waals surface area contributed by atoms with Crippen LogP contribution in [0.1, 0.15) is 44.9 Å². The minimum absolute atomic E-state index is 0.156. The fourth-order valence-electron chi connectivity index (χ4n) is 3.17. The Morgan fingerprint density at radius 3 is 2.83 bits per heavy atom. The molecule has 1 saturated heterocycles. The number of aromatic nitrogens is 2. The van der Waals surface area contributed by atoms with Crippen LogP contribution in [0.3, 0.4) is 0 Å². The van der Waals surface area contributed by atoms with Crippen molar-refractivity contribution in [3.63, 3.8) is 0 Å². The third-order valence-corrected chi connectivity index (χ3v) is 4.53. The van der Waals surface area contributed by atoms with E-state index in [0.29, 0.717) is 36.2 Å². The molecular formula is C18H22FN3O2. The van der Waals surface area contributed by atoms with Gasteiger partial charge in [0.15, 0.2) is 0 Å². The predicted octanol–water partition coefficient (Wildman–Crippen LogP) is 3.60. The maximum absolute atomic E-state index is 12.9. The highest BCUT2D eigenvalue weighted by atomic mass is 19.1. The monoisotopic (exact) mass is 331 g/mol. The standard InChI is InChI=1S/C18H22FN3O2/c1-2-15-5-3-4-12-22(15)17(23)11-10-16-20-21-18(24-16)13-6-8-14(19)9-7-13/h6-9,15H,2-5,10-12H2,1H3. The quantitative estimate of drug-likeness (QED) is 0.840. The molecule has 128 valence electrons. The van der Waals surface area contributed by atoms with Crippen molar-refractivity contribution >= 4 is 5.91 Å². The Balaban J connectivity index is 1.59. The molecule has 1 aromatic carbocycles. The Morgan fingerprint density at radius 2 is 2.08 bits per heavy atom. The summed E-state index contributed by atoms with van der Waals surface area (Å²) >= 11 is 0. The molecule has 1 aliphatic heterocycles. The maximum atomic E-state index is 12.9. The van der Waals surface area contributed by atoms with Gasteiger partial charge >= 0.3 is 0 Å². The van der Waals surface area contributed by atoms with Gasteiger partial charge in [0, 0.05) is 31.0 Å². The number of carbonyl (C=O) groups is 1. The molecule has 3 rings (SSSR count). The van der Waals surface area contributed by atoms with Crippen molar-refractivity contribution in [2.24, 2.45) is 0 Å². The summed E-state index contributed by atoms with van der Waals surface area (Å²) in [4.78, 5) is 14.5. The topological polar surface area (TPSA) is 59.2 Å². The van der Waals surface area contributed by atoms with Gasteiger partial charge in [0.2, 0.25) is 17.7 Å². The summed E-state index contributed by atoms with van der Waals surface area (Å²) in [5, 5.41) is 7.96. The van der Waals surface area contributed by atoms with Crippen molar-refractivity contribution in [2.75, 3.05) is 6.54 Å². The van der Waals surface area contributed by atoms with Gasteiger partial charge in [-0.05, 0) is 49.9 Å². The van der Waals surface area contributed by atoms with Crippen molar-refractivity contribution < 1.29 is 13.6 Å². The second-order valence-electron chi connectivity index (χ2n) is 6.15. The van der Waals surface area contributed by atoms with Crippen LogP contribution in [0.25, 0.3) is 11.5 Å². The highest BCUT2D eigenvalue weighted by molar-refractivity contribution is 5.76. The molecule has 2 heterocycles. The first-order valence-corrected chi connectivity index (χ1v) is 8.55. The molecule has 6 heteroatoms. The van der Waals surface area contributed by atoms with Crippen LogP contribution < -0.4 is 0 Å². The molecule has 0 bridgehead atoms. The minimum atomic E-state index is -0.309. The van der Waals surface area contributed by atoms with Gasteiger partial charge in [-0.15, -0.1) is 10.2 Å². The van der Waals surface area contributed by atoms with E-state index in [9.17, 15) is 9.18 Å². The van der Waals surface area contributed by atoms with E-state index in [4.69, 9.17) is 4.42 Å². The van der Waals surface area contributed by atoms with Crippen LogP contribution in [0.2, 0.25) is 0 Å². The molecule has 2 aromatic rings. The average Bonchev–Trinajstić information content (AvgIpc) is 3.09. The number of amides is 1. The summed E-state index contributed by atoms with van der Waals surface area (Å²) in [6.45, 7) is 2.98. The normalized spacial score (nSPS) is 17.9. The second-order valence-corrected chi connectivity index (χ2v) is 6.15. The van der Waals surface area contributed by atoms with Gasteiger partial charge < -0.3 is 9.32 Å². The summed E-state index contributed by atoms with van der Waals surface area (Å²) in [5.74, 6) is 0.633. The molecule has 1 fully saturated rings. The molecular weight excluding hydrogens is 309 g/mol. The molecule has 1 amide bonds. The third kappa shape index (κ3) is 3.80. The molecule has 1 aromatic heterocycles. The van der Waals surface area contributed by atoms with Crippen molar-refractivity contribution in [3.8, 4) is 11.5 Å². The van der Waals surface area contributed by atoms with Crippen LogP contribution in [-0.2, 0) is 11.2 Å². The lowest BCUT2D eigenvalue weighted by Gasteiger charge is -2.35. The molecule has 1 aliphatic rings. The zero-order chi connectivity index (χ0) is 16.9. The highest BCUT2D eigenvalue weighted by Gasteiger charge is 2.25. The largest absolute Gasteiger partial charge is 0.421 e. The molecule has 1 atom stereocenters. The average molecular weight is 331 g/mol. The Kier molecular flexibility index (Phi) is 5.23. The second kappa shape index (κ2) is 7.55. The summed E-state index contributed by atoms with van der Waals surface area (Å²) in [6, 6.07) is 6.26. The molecule has 1 unspecified atom stereocenters. The SMILES string of the molecule is CCC1CCCCN1C(=O)CCc1nnc(-c2ccc(F)cc2)o1. The van der Waals surface area contributed by atoms with Crippen LogP contribution in [-0.4, -0.2) is 33.6 Å². The number of hydrogen-bond donors (Lipinski definition) is 0. The van der Waals surface area contributed by atoms with E-state index in [1.807, 2.05) is 4.90 Å². The van der Waals surface area contributed by atoms with Gasteiger partial charge in [0.05, 0.1) is 0 Å². The highest BCUT2D eigenvalue weighted by Crippen LogP contribution is 2.22. The van der Waals surface area contributed by atoms with Crippen molar-refractivity contribution in [1.29, 1.82) is 0 Å². The smallest absolute Gasteiger partial charge is 0.247 e. The third-order valence-electron chi connectivity index (χ3n) is 4.53. The fourth-order valence-corrected chi connectivity index (χ4v) is 3.17. The number of nitrogens with zero attached hydrogens (tertiary/aromatic N) is 3. The van der Waals surface area contributed by atoms with E-state index in [1.54, 1.807) is 12.1 Å². The van der Waals surface area contributed by atoms with Crippen molar-refractivity contribution in [2.45, 2.75) is 51.5 Å². The van der Waals surface area contributed by atoms with Gasteiger partial charge in [0.1, 0.15) is 5.82 Å². The van der Waals surface area contributed by atoms with Crippen LogP contribution >= 0.6 is 0 Å². The Labute approximate surface area is 140 Å². The summed E-state index contributed by atoms with van der Waals surface area (Å²) in [5.41, 5.74) is 0.670. The number of halogens is 1. The van der Waals surface area contributed by atoms with E-state index >= 15 is 0 Å². The summed E-state index contributed by atoms with van der Waals surface area (Å²) in [6.07, 6.45) is 5.19. The van der Waals surface area contributed by atoms with Crippen molar-refractivity contribution in [3.05, 3.63) is 36.0 Å². The number of rotatable bonds is 5. The lowest BCUT2D eigenvalue weighted by atomic mass is 9.99. The van der Waals surface area contributed by atoms with Crippen LogP contribution in [0.4, 0.5) is 4.39 Å². The first-order chi connectivity index (χ1) is 11.7. The van der Waals surface area contributed by atoms with E-state index in [-0.39, 0.29) is 11.7 Å². The van der Waals surface area contributed by atoms with E-state index in [0.717, 1.165) is 25.8 Å². The molecule has 0 saturated carbocycles. The molecule has 0 N–H and O–H groups in total. The molecule has 0 aliphatic carbocycles. The minimum Gasteiger partial charge on any atom is -0.421 e. The lowest BCUT2D eigenvalue weighted by Crippen LogP contribution is -2.43. The van der Waals surface area contributed by atoms with Gasteiger partial charge in [0.25, 0.3) is 0 Å². The number of carbonyl (C=O) groups excluding carboxylic acids is 1. The zero-order valence-corrected chi connectivity index (χ0v) is 13.9. The molecule has 5 nitrogen and oxygen atoms in total. The first-order valence-electron chi connectivity index (χ1n) is 8.55. The van der Waals surface area contributed by atoms with E-state index < -0.39 is 0 Å².